The second-order valence-electron chi connectivity index (χ2n) is 4.61. The zero-order chi connectivity index (χ0) is 17.0. The molecular weight excluding hydrogens is 298 g/mol. The standard InChI is InChI=1S/C15H15N5O3/c1-8(14(21)22-2)23-10-5-3-9(4-6-10)12-11(7-16)13(17)20-15(18)19-12/h3-6,8H,1-2H3,(H4,17,18,19,20). The van der Waals surface area contributed by atoms with Crippen LogP contribution in [0.25, 0.3) is 11.3 Å². The van der Waals surface area contributed by atoms with Crippen molar-refractivity contribution >= 4 is 17.7 Å². The smallest absolute Gasteiger partial charge is 0.346 e. The molecule has 1 atom stereocenters. The Bertz CT molecular complexity index is 768. The average molecular weight is 313 g/mol. The summed E-state index contributed by atoms with van der Waals surface area (Å²) in [5.74, 6) is 0.00290. The number of rotatable bonds is 4. The first kappa shape index (κ1) is 16.0. The highest BCUT2D eigenvalue weighted by molar-refractivity contribution is 5.75. The van der Waals surface area contributed by atoms with Crippen LogP contribution in [0.3, 0.4) is 0 Å². The van der Waals surface area contributed by atoms with Crippen LogP contribution in [0.4, 0.5) is 11.8 Å². The van der Waals surface area contributed by atoms with E-state index in [0.717, 1.165) is 0 Å². The van der Waals surface area contributed by atoms with Gasteiger partial charge in [0.25, 0.3) is 0 Å². The molecule has 2 aromatic rings. The molecule has 0 saturated carbocycles. The van der Waals surface area contributed by atoms with Gasteiger partial charge < -0.3 is 20.9 Å². The number of carbonyl (C=O) groups excluding carboxylic acids is 1. The van der Waals surface area contributed by atoms with Gasteiger partial charge in [0.05, 0.1) is 12.8 Å². The minimum absolute atomic E-state index is 0.0175. The van der Waals surface area contributed by atoms with Crippen LogP contribution in [-0.2, 0) is 9.53 Å². The van der Waals surface area contributed by atoms with Crippen molar-refractivity contribution in [2.24, 2.45) is 0 Å². The van der Waals surface area contributed by atoms with Gasteiger partial charge in [0.2, 0.25) is 5.95 Å². The molecule has 1 aromatic carbocycles. The Labute approximate surface area is 132 Å². The van der Waals surface area contributed by atoms with Gasteiger partial charge >= 0.3 is 5.97 Å². The minimum Gasteiger partial charge on any atom is -0.479 e. The van der Waals surface area contributed by atoms with Crippen molar-refractivity contribution in [2.45, 2.75) is 13.0 Å². The molecule has 0 radical (unpaired) electrons. The number of esters is 1. The quantitative estimate of drug-likeness (QED) is 0.801. The van der Waals surface area contributed by atoms with Gasteiger partial charge in [-0.3, -0.25) is 0 Å². The normalized spacial score (nSPS) is 11.3. The highest BCUT2D eigenvalue weighted by atomic mass is 16.6. The van der Waals surface area contributed by atoms with Crippen LogP contribution in [0.2, 0.25) is 0 Å². The highest BCUT2D eigenvalue weighted by Crippen LogP contribution is 2.27. The van der Waals surface area contributed by atoms with E-state index in [9.17, 15) is 10.1 Å². The third kappa shape index (κ3) is 3.47. The Balaban J connectivity index is 2.31. The van der Waals surface area contributed by atoms with E-state index in [-0.39, 0.29) is 17.3 Å². The number of nitrogen functional groups attached to an aromatic ring is 2. The second kappa shape index (κ2) is 6.62. The molecule has 0 amide bonds. The average Bonchev–Trinajstić information content (AvgIpc) is 2.54. The number of nitriles is 1. The van der Waals surface area contributed by atoms with Crippen LogP contribution in [0, 0.1) is 11.3 Å². The monoisotopic (exact) mass is 313 g/mol. The summed E-state index contributed by atoms with van der Waals surface area (Å²) in [5, 5.41) is 9.19. The largest absolute Gasteiger partial charge is 0.479 e. The number of nitrogens with zero attached hydrogens (tertiary/aromatic N) is 3. The summed E-state index contributed by atoms with van der Waals surface area (Å²) in [6.45, 7) is 1.58. The van der Waals surface area contributed by atoms with Gasteiger partial charge in [-0.05, 0) is 31.2 Å². The summed E-state index contributed by atoms with van der Waals surface area (Å²) < 4.78 is 10.0. The lowest BCUT2D eigenvalue weighted by molar-refractivity contribution is -0.147. The molecule has 23 heavy (non-hydrogen) atoms. The van der Waals surface area contributed by atoms with Gasteiger partial charge in [0.1, 0.15) is 23.2 Å². The van der Waals surface area contributed by atoms with Crippen molar-refractivity contribution in [1.82, 2.24) is 9.97 Å². The van der Waals surface area contributed by atoms with E-state index in [0.29, 0.717) is 17.0 Å². The Kier molecular flexibility index (Phi) is 4.61. The summed E-state index contributed by atoms with van der Waals surface area (Å²) in [7, 11) is 1.29. The van der Waals surface area contributed by atoms with Gasteiger partial charge in [-0.25, -0.2) is 9.78 Å². The van der Waals surface area contributed by atoms with Crippen molar-refractivity contribution in [3.05, 3.63) is 29.8 Å². The fourth-order valence-corrected chi connectivity index (χ4v) is 1.92. The Morgan fingerprint density at radius 1 is 1.26 bits per heavy atom. The molecule has 0 bridgehead atoms. The van der Waals surface area contributed by atoms with Gasteiger partial charge in [0.15, 0.2) is 6.10 Å². The number of hydrogen-bond acceptors (Lipinski definition) is 8. The van der Waals surface area contributed by atoms with Crippen LogP contribution in [-0.4, -0.2) is 29.2 Å². The van der Waals surface area contributed by atoms with Gasteiger partial charge in [-0.15, -0.1) is 0 Å². The molecule has 0 aliphatic carbocycles. The molecule has 2 rings (SSSR count). The molecule has 0 aliphatic rings. The first-order valence-electron chi connectivity index (χ1n) is 6.64. The number of ether oxygens (including phenoxy) is 2. The van der Waals surface area contributed by atoms with Crippen molar-refractivity contribution in [3.63, 3.8) is 0 Å². The van der Waals surface area contributed by atoms with Gasteiger partial charge in [-0.2, -0.15) is 10.2 Å². The number of benzene rings is 1. The number of carbonyl (C=O) groups is 1. The third-order valence-electron chi connectivity index (χ3n) is 3.04. The Hall–Kier alpha value is -3.34. The van der Waals surface area contributed by atoms with E-state index < -0.39 is 12.1 Å². The van der Waals surface area contributed by atoms with E-state index in [1.165, 1.54) is 7.11 Å². The number of anilines is 2. The van der Waals surface area contributed by atoms with Crippen molar-refractivity contribution < 1.29 is 14.3 Å². The Morgan fingerprint density at radius 3 is 2.48 bits per heavy atom. The lowest BCUT2D eigenvalue weighted by Crippen LogP contribution is -2.24. The van der Waals surface area contributed by atoms with E-state index in [1.54, 1.807) is 31.2 Å². The van der Waals surface area contributed by atoms with Crippen LogP contribution in [0.1, 0.15) is 12.5 Å². The number of hydrogen-bond donors (Lipinski definition) is 2. The summed E-state index contributed by atoms with van der Waals surface area (Å²) in [6.07, 6.45) is -0.731. The third-order valence-corrected chi connectivity index (χ3v) is 3.04. The zero-order valence-corrected chi connectivity index (χ0v) is 12.6. The molecule has 0 saturated heterocycles. The molecule has 0 fully saturated rings. The molecule has 1 unspecified atom stereocenters. The van der Waals surface area contributed by atoms with Gasteiger partial charge in [0, 0.05) is 5.56 Å². The number of nitrogens with two attached hydrogens (primary N) is 2. The number of methoxy groups -OCH3 is 1. The minimum atomic E-state index is -0.731. The maximum absolute atomic E-state index is 11.3. The second-order valence-corrected chi connectivity index (χ2v) is 4.61. The summed E-state index contributed by atoms with van der Waals surface area (Å²) in [6, 6.07) is 8.61. The number of aromatic nitrogens is 2. The maximum atomic E-state index is 11.3. The first-order chi connectivity index (χ1) is 11.0. The van der Waals surface area contributed by atoms with E-state index in [4.69, 9.17) is 16.2 Å². The molecule has 0 aliphatic heterocycles. The molecule has 8 nitrogen and oxygen atoms in total. The highest BCUT2D eigenvalue weighted by Gasteiger charge is 2.16. The lowest BCUT2D eigenvalue weighted by atomic mass is 10.1. The van der Waals surface area contributed by atoms with E-state index >= 15 is 0 Å². The van der Waals surface area contributed by atoms with Crippen molar-refractivity contribution in [1.29, 1.82) is 5.26 Å². The van der Waals surface area contributed by atoms with Crippen LogP contribution >= 0.6 is 0 Å². The van der Waals surface area contributed by atoms with Crippen LogP contribution < -0.4 is 16.2 Å². The zero-order valence-electron chi connectivity index (χ0n) is 12.6. The predicted molar refractivity (Wildman–Crippen MR) is 83.1 cm³/mol. The van der Waals surface area contributed by atoms with Gasteiger partial charge in [-0.1, -0.05) is 0 Å². The first-order valence-corrected chi connectivity index (χ1v) is 6.64. The summed E-state index contributed by atoms with van der Waals surface area (Å²) in [5.41, 5.74) is 12.4. The van der Waals surface area contributed by atoms with Crippen molar-refractivity contribution in [2.75, 3.05) is 18.6 Å². The van der Waals surface area contributed by atoms with E-state index in [1.807, 2.05) is 6.07 Å². The van der Waals surface area contributed by atoms with E-state index in [2.05, 4.69) is 14.7 Å². The Morgan fingerprint density at radius 2 is 1.91 bits per heavy atom. The molecule has 1 heterocycles. The molecule has 4 N–H and O–H groups in total. The summed E-state index contributed by atoms with van der Waals surface area (Å²) >= 11 is 0. The molecule has 8 heteroatoms. The predicted octanol–water partition coefficient (Wildman–Crippen LogP) is 1.12. The van der Waals surface area contributed by atoms with Crippen LogP contribution in [0.15, 0.2) is 24.3 Å². The molecular formula is C15H15N5O3. The fourth-order valence-electron chi connectivity index (χ4n) is 1.92. The van der Waals surface area contributed by atoms with Crippen molar-refractivity contribution in [3.8, 4) is 23.1 Å². The topological polar surface area (TPSA) is 137 Å². The lowest BCUT2D eigenvalue weighted by Gasteiger charge is -2.13. The maximum Gasteiger partial charge on any atom is 0.346 e. The molecule has 1 aromatic heterocycles. The van der Waals surface area contributed by atoms with Crippen LogP contribution in [0.5, 0.6) is 5.75 Å². The molecule has 118 valence electrons. The fraction of sp³-hybridized carbons (Fsp3) is 0.200. The SMILES string of the molecule is COC(=O)C(C)Oc1ccc(-c2nc(N)nc(N)c2C#N)cc1. The molecule has 0 spiro atoms. The summed E-state index contributed by atoms with van der Waals surface area (Å²) in [4.78, 5) is 19.2.